The zero-order valence-corrected chi connectivity index (χ0v) is 15.9. The topological polar surface area (TPSA) is 95.7 Å². The number of nitrogens with one attached hydrogen (secondary N) is 1. The summed E-state index contributed by atoms with van der Waals surface area (Å²) in [5.74, 6) is 1.45. The van der Waals surface area contributed by atoms with E-state index in [-0.39, 0.29) is 24.1 Å². The Morgan fingerprint density at radius 3 is 2.82 bits per heavy atom. The van der Waals surface area contributed by atoms with Crippen molar-refractivity contribution < 1.29 is 14.4 Å². The van der Waals surface area contributed by atoms with E-state index in [1.807, 2.05) is 12.1 Å². The van der Waals surface area contributed by atoms with Gasteiger partial charge < -0.3 is 10.6 Å². The molecule has 2 saturated heterocycles. The fourth-order valence-corrected chi connectivity index (χ4v) is 5.58. The highest BCUT2D eigenvalue weighted by atomic mass is 16.2. The molecule has 148 valence electrons. The summed E-state index contributed by atoms with van der Waals surface area (Å²) in [6.45, 7) is 4.26. The maximum Gasteiger partial charge on any atom is 0.255 e. The summed E-state index contributed by atoms with van der Waals surface area (Å²) in [4.78, 5) is 40.7. The maximum absolute atomic E-state index is 12.9. The number of nitrogens with two attached hydrogens (primary N) is 1. The summed E-state index contributed by atoms with van der Waals surface area (Å²) in [5.41, 5.74) is 8.77. The normalized spacial score (nSPS) is 32.2. The molecular weight excluding hydrogens is 356 g/mol. The minimum atomic E-state index is -0.557. The van der Waals surface area contributed by atoms with E-state index in [4.69, 9.17) is 5.73 Å². The third-order valence-electron chi connectivity index (χ3n) is 7.15. The van der Waals surface area contributed by atoms with E-state index >= 15 is 0 Å². The molecule has 0 radical (unpaired) electrons. The van der Waals surface area contributed by atoms with Crippen LogP contribution >= 0.6 is 0 Å². The molecule has 5 rings (SSSR count). The monoisotopic (exact) mass is 382 g/mol. The summed E-state index contributed by atoms with van der Waals surface area (Å²) in [6, 6.07) is 5.33. The minimum Gasteiger partial charge on any atom is -0.330 e. The molecule has 3 fully saturated rings. The molecule has 3 heterocycles. The highest BCUT2D eigenvalue weighted by molar-refractivity contribution is 6.05. The van der Waals surface area contributed by atoms with Crippen molar-refractivity contribution in [2.75, 3.05) is 19.6 Å². The van der Waals surface area contributed by atoms with E-state index in [1.54, 1.807) is 4.90 Å². The van der Waals surface area contributed by atoms with Crippen molar-refractivity contribution in [1.29, 1.82) is 0 Å². The number of rotatable bonds is 4. The number of carbonyl (C=O) groups excluding carboxylic acids is 3. The van der Waals surface area contributed by atoms with Crippen molar-refractivity contribution in [2.45, 2.75) is 38.4 Å². The number of carbonyl (C=O) groups is 3. The second-order valence-corrected chi connectivity index (χ2v) is 8.69. The van der Waals surface area contributed by atoms with E-state index in [0.717, 1.165) is 43.6 Å². The molecule has 4 aliphatic rings. The van der Waals surface area contributed by atoms with Crippen LogP contribution in [0, 0.1) is 17.8 Å². The lowest BCUT2D eigenvalue weighted by molar-refractivity contribution is -0.136. The number of benzene rings is 1. The third-order valence-corrected chi connectivity index (χ3v) is 7.15. The van der Waals surface area contributed by atoms with Crippen molar-refractivity contribution in [3.63, 3.8) is 0 Å². The predicted octanol–water partition coefficient (Wildman–Crippen LogP) is 0.474. The number of hydrogen-bond donors (Lipinski definition) is 2. The number of nitrogens with zero attached hydrogens (tertiary/aromatic N) is 2. The Labute approximate surface area is 164 Å². The van der Waals surface area contributed by atoms with Crippen LogP contribution < -0.4 is 11.1 Å². The van der Waals surface area contributed by atoms with Gasteiger partial charge in [-0.1, -0.05) is 12.1 Å². The Balaban J connectivity index is 1.33. The molecule has 1 aliphatic carbocycles. The van der Waals surface area contributed by atoms with Crippen molar-refractivity contribution in [3.05, 3.63) is 34.9 Å². The summed E-state index contributed by atoms with van der Waals surface area (Å²) in [5, 5.41) is 2.36. The fraction of sp³-hybridized carbons (Fsp3) is 0.571. The molecule has 1 aromatic rings. The van der Waals surface area contributed by atoms with Gasteiger partial charge in [0.15, 0.2) is 0 Å². The molecule has 3 amide bonds. The summed E-state index contributed by atoms with van der Waals surface area (Å²) < 4.78 is 0. The van der Waals surface area contributed by atoms with Gasteiger partial charge in [0.05, 0.1) is 0 Å². The van der Waals surface area contributed by atoms with Gasteiger partial charge >= 0.3 is 0 Å². The Kier molecular flexibility index (Phi) is 4.25. The first-order chi connectivity index (χ1) is 13.5. The molecule has 7 heteroatoms. The molecule has 3 aliphatic heterocycles. The first-order valence-corrected chi connectivity index (χ1v) is 10.2. The van der Waals surface area contributed by atoms with Crippen LogP contribution in [0.15, 0.2) is 18.2 Å². The zero-order chi connectivity index (χ0) is 19.4. The molecule has 1 saturated carbocycles. The largest absolute Gasteiger partial charge is 0.330 e. The number of likely N-dealkylation sites (tertiary alicyclic amines) is 1. The van der Waals surface area contributed by atoms with Crippen molar-refractivity contribution in [3.8, 4) is 0 Å². The first-order valence-electron chi connectivity index (χ1n) is 10.2. The Morgan fingerprint density at radius 1 is 1.18 bits per heavy atom. The smallest absolute Gasteiger partial charge is 0.255 e. The third kappa shape index (κ3) is 2.76. The lowest BCUT2D eigenvalue weighted by atomic mass is 9.67. The lowest BCUT2D eigenvalue weighted by Gasteiger charge is -2.38. The quantitative estimate of drug-likeness (QED) is 0.739. The van der Waals surface area contributed by atoms with Crippen molar-refractivity contribution >= 4 is 17.7 Å². The molecule has 28 heavy (non-hydrogen) atoms. The second kappa shape index (κ2) is 6.67. The van der Waals surface area contributed by atoms with E-state index < -0.39 is 6.04 Å². The Bertz CT molecular complexity index is 854. The molecular formula is C21H26N4O3. The highest BCUT2D eigenvalue weighted by Gasteiger charge is 2.46. The van der Waals surface area contributed by atoms with Crippen molar-refractivity contribution in [2.24, 2.45) is 23.5 Å². The van der Waals surface area contributed by atoms with Crippen LogP contribution in [0.5, 0.6) is 0 Å². The fourth-order valence-electron chi connectivity index (χ4n) is 5.58. The number of hydrogen-bond acceptors (Lipinski definition) is 5. The van der Waals surface area contributed by atoms with Gasteiger partial charge in [-0.05, 0) is 54.3 Å². The van der Waals surface area contributed by atoms with Gasteiger partial charge in [0.1, 0.15) is 6.04 Å². The maximum atomic E-state index is 12.9. The van der Waals surface area contributed by atoms with Gasteiger partial charge in [-0.15, -0.1) is 0 Å². The average Bonchev–Trinajstić information content (AvgIpc) is 3.15. The average molecular weight is 382 g/mol. The standard InChI is InChI=1S/C21H26N4O3/c22-7-13-6-14-9-24(10-16(13)14)8-12-2-1-3-15-17(12)11-25(21(15)28)18-4-5-19(26)23-20(18)27/h1-3,13-14,16,18H,4-11,22H2,(H,23,26,27). The van der Waals surface area contributed by atoms with Gasteiger partial charge in [-0.3, -0.25) is 24.6 Å². The lowest BCUT2D eigenvalue weighted by Crippen LogP contribution is -2.52. The highest BCUT2D eigenvalue weighted by Crippen LogP contribution is 2.45. The molecule has 3 N–H and O–H groups in total. The van der Waals surface area contributed by atoms with E-state index in [0.29, 0.717) is 24.4 Å². The molecule has 4 atom stereocenters. The molecule has 0 bridgehead atoms. The predicted molar refractivity (Wildman–Crippen MR) is 102 cm³/mol. The Hall–Kier alpha value is -2.25. The molecule has 0 spiro atoms. The molecule has 0 aromatic heterocycles. The van der Waals surface area contributed by atoms with Crippen LogP contribution in [0.2, 0.25) is 0 Å². The molecule has 4 unspecified atom stereocenters. The number of amides is 3. The van der Waals surface area contributed by atoms with Gasteiger partial charge in [0.25, 0.3) is 5.91 Å². The van der Waals surface area contributed by atoms with E-state index in [1.165, 1.54) is 12.0 Å². The van der Waals surface area contributed by atoms with Crippen LogP contribution in [-0.4, -0.2) is 53.2 Å². The van der Waals surface area contributed by atoms with Crippen LogP contribution in [0.4, 0.5) is 0 Å². The van der Waals surface area contributed by atoms with Crippen molar-refractivity contribution in [1.82, 2.24) is 15.1 Å². The van der Waals surface area contributed by atoms with Crippen LogP contribution in [0.25, 0.3) is 0 Å². The first kappa shape index (κ1) is 17.8. The van der Waals surface area contributed by atoms with Gasteiger partial charge in [-0.2, -0.15) is 0 Å². The summed E-state index contributed by atoms with van der Waals surface area (Å²) in [7, 11) is 0. The van der Waals surface area contributed by atoms with Gasteiger partial charge in [0.2, 0.25) is 11.8 Å². The van der Waals surface area contributed by atoms with Gasteiger partial charge in [-0.25, -0.2) is 0 Å². The second-order valence-electron chi connectivity index (χ2n) is 8.69. The number of fused-ring (bicyclic) bond motifs is 2. The Morgan fingerprint density at radius 2 is 2.04 bits per heavy atom. The van der Waals surface area contributed by atoms with Crippen LogP contribution in [0.3, 0.4) is 0 Å². The SMILES string of the molecule is NCC1CC2CN(Cc3cccc4c3CN(C3CCC(=O)NC3=O)C4=O)CC12. The van der Waals surface area contributed by atoms with E-state index in [2.05, 4.69) is 16.3 Å². The zero-order valence-electron chi connectivity index (χ0n) is 15.9. The minimum absolute atomic E-state index is 0.101. The molecule has 1 aromatic carbocycles. The summed E-state index contributed by atoms with van der Waals surface area (Å²) in [6.07, 6.45) is 1.92. The van der Waals surface area contributed by atoms with Gasteiger partial charge in [0, 0.05) is 38.2 Å². The number of imide groups is 1. The van der Waals surface area contributed by atoms with E-state index in [9.17, 15) is 14.4 Å². The van der Waals surface area contributed by atoms with Crippen LogP contribution in [-0.2, 0) is 22.7 Å². The molecule has 7 nitrogen and oxygen atoms in total. The number of piperidine rings is 1. The summed E-state index contributed by atoms with van der Waals surface area (Å²) >= 11 is 0. The van der Waals surface area contributed by atoms with Crippen LogP contribution in [0.1, 0.15) is 40.7 Å².